The second kappa shape index (κ2) is 13.3. The molecule has 2 N–H and O–H groups in total. The lowest BCUT2D eigenvalue weighted by Crippen LogP contribution is -2.34. The van der Waals surface area contributed by atoms with Crippen LogP contribution < -0.4 is 5.32 Å². The highest BCUT2D eigenvalue weighted by atomic mass is 16.5. The number of hydrogen-bond acceptors (Lipinski definition) is 5. The third-order valence-electron chi connectivity index (χ3n) is 3.16. The average molecular weight is 289 g/mol. The van der Waals surface area contributed by atoms with Crippen LogP contribution in [0, 0.1) is 5.92 Å². The molecule has 0 heterocycles. The van der Waals surface area contributed by atoms with E-state index in [4.69, 9.17) is 9.47 Å². The minimum absolute atomic E-state index is 0.124. The molecule has 0 aromatic carbocycles. The zero-order valence-electron chi connectivity index (χ0n) is 13.2. The zero-order valence-corrected chi connectivity index (χ0v) is 13.2. The van der Waals surface area contributed by atoms with Gasteiger partial charge in [-0.3, -0.25) is 4.79 Å². The Bertz CT molecular complexity index is 236. The van der Waals surface area contributed by atoms with Gasteiger partial charge >= 0.3 is 5.97 Å². The van der Waals surface area contributed by atoms with Gasteiger partial charge in [-0.15, -0.1) is 0 Å². The number of esters is 1. The molecule has 0 aliphatic rings. The summed E-state index contributed by atoms with van der Waals surface area (Å²) in [6.45, 7) is 7.96. The summed E-state index contributed by atoms with van der Waals surface area (Å²) in [5.41, 5.74) is 0. The molecule has 0 saturated heterocycles. The molecule has 20 heavy (non-hydrogen) atoms. The van der Waals surface area contributed by atoms with E-state index in [0.717, 1.165) is 6.42 Å². The fourth-order valence-corrected chi connectivity index (χ4v) is 1.88. The Balaban J connectivity index is 3.56. The van der Waals surface area contributed by atoms with E-state index < -0.39 is 6.10 Å². The third-order valence-corrected chi connectivity index (χ3v) is 3.16. The topological polar surface area (TPSA) is 67.8 Å². The molecule has 0 aliphatic carbocycles. The van der Waals surface area contributed by atoms with E-state index in [2.05, 4.69) is 19.2 Å². The van der Waals surface area contributed by atoms with Gasteiger partial charge in [-0.05, 0) is 19.3 Å². The second-order valence-corrected chi connectivity index (χ2v) is 5.04. The molecule has 0 radical (unpaired) electrons. The van der Waals surface area contributed by atoms with Crippen molar-refractivity contribution >= 4 is 5.97 Å². The number of carbonyl (C=O) groups excluding carboxylic acids is 1. The molecule has 2 unspecified atom stereocenters. The van der Waals surface area contributed by atoms with Crippen LogP contribution in [0.5, 0.6) is 0 Å². The monoisotopic (exact) mass is 289 g/mol. The fraction of sp³-hybridized carbons (Fsp3) is 0.933. The lowest BCUT2D eigenvalue weighted by molar-refractivity contribution is -0.142. The Morgan fingerprint density at radius 1 is 1.25 bits per heavy atom. The van der Waals surface area contributed by atoms with E-state index in [1.54, 1.807) is 6.92 Å². The first-order valence-electron chi connectivity index (χ1n) is 7.76. The predicted octanol–water partition coefficient (Wildman–Crippen LogP) is 1.73. The van der Waals surface area contributed by atoms with Crippen molar-refractivity contribution in [3.63, 3.8) is 0 Å². The van der Waals surface area contributed by atoms with Gasteiger partial charge in [0.25, 0.3) is 0 Å². The van der Waals surface area contributed by atoms with E-state index >= 15 is 0 Å². The Morgan fingerprint density at radius 2 is 2.00 bits per heavy atom. The number of nitrogens with one attached hydrogen (secondary N) is 1. The summed E-state index contributed by atoms with van der Waals surface area (Å²) in [5, 5.41) is 12.6. The molecule has 0 amide bonds. The minimum atomic E-state index is -0.590. The molecule has 5 nitrogen and oxygen atoms in total. The smallest absolute Gasteiger partial charge is 0.319 e. The van der Waals surface area contributed by atoms with Crippen LogP contribution >= 0.6 is 0 Å². The minimum Gasteiger partial charge on any atom is -0.465 e. The summed E-state index contributed by atoms with van der Waals surface area (Å²) in [5.74, 6) is 0.279. The number of unbranched alkanes of at least 4 members (excludes halogenated alkanes) is 1. The van der Waals surface area contributed by atoms with E-state index in [1.807, 2.05) is 0 Å². The molecule has 0 bridgehead atoms. The summed E-state index contributed by atoms with van der Waals surface area (Å²) in [4.78, 5) is 11.1. The molecule has 0 saturated carbocycles. The first-order valence-corrected chi connectivity index (χ1v) is 7.76. The molecule has 0 fully saturated rings. The van der Waals surface area contributed by atoms with Gasteiger partial charge in [-0.25, -0.2) is 0 Å². The van der Waals surface area contributed by atoms with Gasteiger partial charge in [-0.1, -0.05) is 33.1 Å². The number of carbonyl (C=O) groups is 1. The Kier molecular flexibility index (Phi) is 12.9. The van der Waals surface area contributed by atoms with Gasteiger partial charge in [0.05, 0.1) is 25.9 Å². The van der Waals surface area contributed by atoms with Crippen molar-refractivity contribution in [2.75, 3.05) is 32.9 Å². The van der Waals surface area contributed by atoms with Crippen molar-refractivity contribution in [3.8, 4) is 0 Å². The maximum atomic E-state index is 11.1. The molecule has 2 atom stereocenters. The fourth-order valence-electron chi connectivity index (χ4n) is 1.88. The number of rotatable bonds is 13. The van der Waals surface area contributed by atoms with Crippen LogP contribution in [-0.4, -0.2) is 50.1 Å². The van der Waals surface area contributed by atoms with Crippen molar-refractivity contribution in [1.29, 1.82) is 0 Å². The molecular weight excluding hydrogens is 258 g/mol. The molecular formula is C15H31NO4. The summed E-state index contributed by atoms with van der Waals surface area (Å²) < 4.78 is 10.3. The van der Waals surface area contributed by atoms with Crippen molar-refractivity contribution in [1.82, 2.24) is 5.32 Å². The van der Waals surface area contributed by atoms with Gasteiger partial charge in [0.2, 0.25) is 0 Å². The first kappa shape index (κ1) is 19.4. The lowest BCUT2D eigenvalue weighted by Gasteiger charge is -2.17. The Morgan fingerprint density at radius 3 is 2.60 bits per heavy atom. The summed E-state index contributed by atoms with van der Waals surface area (Å²) in [7, 11) is 0. The number of aliphatic hydroxyl groups is 1. The van der Waals surface area contributed by atoms with E-state index in [0.29, 0.717) is 32.3 Å². The Labute approximate surface area is 123 Å². The van der Waals surface area contributed by atoms with Gasteiger partial charge in [0.15, 0.2) is 0 Å². The highest BCUT2D eigenvalue weighted by molar-refractivity contribution is 5.71. The predicted molar refractivity (Wildman–Crippen MR) is 79.6 cm³/mol. The molecule has 0 aromatic heterocycles. The number of ether oxygens (including phenoxy) is 2. The van der Waals surface area contributed by atoms with E-state index in [1.165, 1.54) is 19.3 Å². The first-order chi connectivity index (χ1) is 9.63. The third kappa shape index (κ3) is 11.2. The van der Waals surface area contributed by atoms with Crippen molar-refractivity contribution < 1.29 is 19.4 Å². The SMILES string of the molecule is CCCCC(CC)COCC(O)CNCC(=O)OCC. The maximum Gasteiger partial charge on any atom is 0.319 e. The Hall–Kier alpha value is -0.650. The van der Waals surface area contributed by atoms with E-state index in [9.17, 15) is 9.90 Å². The summed E-state index contributed by atoms with van der Waals surface area (Å²) in [6.07, 6.45) is 4.14. The number of aliphatic hydroxyl groups excluding tert-OH is 1. The molecule has 0 aliphatic heterocycles. The molecule has 5 heteroatoms. The van der Waals surface area contributed by atoms with Crippen LogP contribution in [-0.2, 0) is 14.3 Å². The highest BCUT2D eigenvalue weighted by Gasteiger charge is 2.09. The van der Waals surface area contributed by atoms with Gasteiger partial charge in [0, 0.05) is 13.2 Å². The van der Waals surface area contributed by atoms with Crippen LogP contribution in [0.15, 0.2) is 0 Å². The standard InChI is InChI=1S/C15H31NO4/c1-4-7-8-13(5-2)11-19-12-14(17)9-16-10-15(18)20-6-3/h13-14,16-17H,4-12H2,1-3H3. The average Bonchev–Trinajstić information content (AvgIpc) is 2.43. The van der Waals surface area contributed by atoms with Crippen LogP contribution in [0.4, 0.5) is 0 Å². The van der Waals surface area contributed by atoms with Crippen molar-refractivity contribution in [2.24, 2.45) is 5.92 Å². The second-order valence-electron chi connectivity index (χ2n) is 5.04. The maximum absolute atomic E-state index is 11.1. The quantitative estimate of drug-likeness (QED) is 0.505. The van der Waals surface area contributed by atoms with Crippen molar-refractivity contribution in [2.45, 2.75) is 52.6 Å². The molecule has 0 aromatic rings. The van der Waals surface area contributed by atoms with Crippen LogP contribution in [0.2, 0.25) is 0 Å². The largest absolute Gasteiger partial charge is 0.465 e. The molecule has 0 rings (SSSR count). The lowest BCUT2D eigenvalue weighted by atomic mass is 10.0. The highest BCUT2D eigenvalue weighted by Crippen LogP contribution is 2.12. The number of hydrogen-bond donors (Lipinski definition) is 2. The summed E-state index contributed by atoms with van der Waals surface area (Å²) >= 11 is 0. The zero-order chi connectivity index (χ0) is 15.2. The summed E-state index contributed by atoms with van der Waals surface area (Å²) in [6, 6.07) is 0. The molecule has 0 spiro atoms. The molecule has 120 valence electrons. The van der Waals surface area contributed by atoms with Crippen LogP contribution in [0.1, 0.15) is 46.5 Å². The van der Waals surface area contributed by atoms with Crippen LogP contribution in [0.3, 0.4) is 0 Å². The van der Waals surface area contributed by atoms with Crippen LogP contribution in [0.25, 0.3) is 0 Å². The normalized spacial score (nSPS) is 14.0. The van der Waals surface area contributed by atoms with E-state index in [-0.39, 0.29) is 12.5 Å². The van der Waals surface area contributed by atoms with Gasteiger partial charge in [-0.2, -0.15) is 0 Å². The van der Waals surface area contributed by atoms with Gasteiger partial charge in [0.1, 0.15) is 0 Å². The van der Waals surface area contributed by atoms with Crippen molar-refractivity contribution in [3.05, 3.63) is 0 Å². The van der Waals surface area contributed by atoms with Gasteiger partial charge < -0.3 is 19.9 Å².